The number of hydrogen-bond acceptors (Lipinski definition) is 2. The van der Waals surface area contributed by atoms with Crippen LogP contribution in [0.25, 0.3) is 0 Å². The van der Waals surface area contributed by atoms with Crippen molar-refractivity contribution < 1.29 is 4.39 Å². The Hall–Kier alpha value is -1.70. The maximum atomic E-state index is 13.4. The van der Waals surface area contributed by atoms with Gasteiger partial charge in [-0.15, -0.1) is 24.0 Å². The van der Waals surface area contributed by atoms with Crippen LogP contribution in [0.5, 0.6) is 0 Å². The van der Waals surface area contributed by atoms with E-state index in [1.807, 2.05) is 24.3 Å². The molecule has 0 radical (unpaired) electrons. The summed E-state index contributed by atoms with van der Waals surface area (Å²) in [7, 11) is 1.74. The van der Waals surface area contributed by atoms with Gasteiger partial charge >= 0.3 is 0 Å². The molecule has 4 nitrogen and oxygen atoms in total. The van der Waals surface area contributed by atoms with Crippen molar-refractivity contribution in [3.8, 4) is 0 Å². The van der Waals surface area contributed by atoms with Crippen LogP contribution in [-0.2, 0) is 11.8 Å². The fourth-order valence-electron chi connectivity index (χ4n) is 2.39. The molecule has 0 spiro atoms. The number of aliphatic imine (C=N–C) groups is 1. The Morgan fingerprint density at radius 3 is 2.60 bits per heavy atom. The summed E-state index contributed by atoms with van der Waals surface area (Å²) in [6, 6.07) is 12.6. The predicted octanol–water partition coefficient (Wildman–Crippen LogP) is 3.52. The van der Waals surface area contributed by atoms with Crippen LogP contribution in [0.15, 0.2) is 53.7 Å². The number of aromatic nitrogens is 1. The second kappa shape index (κ2) is 10.3. The average Bonchev–Trinajstić information content (AvgIpc) is 2.59. The number of benzene rings is 1. The quantitative estimate of drug-likeness (QED) is 0.398. The highest BCUT2D eigenvalue weighted by atomic mass is 127. The lowest BCUT2D eigenvalue weighted by molar-refractivity contribution is 0.503. The van der Waals surface area contributed by atoms with E-state index in [0.29, 0.717) is 6.54 Å². The van der Waals surface area contributed by atoms with Crippen molar-refractivity contribution in [3.63, 3.8) is 0 Å². The lowest BCUT2D eigenvalue weighted by Gasteiger charge is -2.26. The Kier molecular flexibility index (Phi) is 8.82. The summed E-state index contributed by atoms with van der Waals surface area (Å²) >= 11 is 0. The van der Waals surface area contributed by atoms with Gasteiger partial charge in [0.15, 0.2) is 5.96 Å². The molecule has 6 heteroatoms. The van der Waals surface area contributed by atoms with Gasteiger partial charge in [0, 0.05) is 43.9 Å². The van der Waals surface area contributed by atoms with Gasteiger partial charge < -0.3 is 10.6 Å². The van der Waals surface area contributed by atoms with E-state index in [4.69, 9.17) is 0 Å². The van der Waals surface area contributed by atoms with Gasteiger partial charge in [-0.1, -0.05) is 32.0 Å². The van der Waals surface area contributed by atoms with Crippen LogP contribution in [0.3, 0.4) is 0 Å². The summed E-state index contributed by atoms with van der Waals surface area (Å²) in [5.41, 5.74) is 1.79. The van der Waals surface area contributed by atoms with Gasteiger partial charge in [-0.05, 0) is 29.8 Å². The molecular weight excluding hydrogens is 430 g/mol. The minimum absolute atomic E-state index is 0. The average molecular weight is 456 g/mol. The Bertz CT molecular complexity index is 674. The molecule has 0 saturated heterocycles. The van der Waals surface area contributed by atoms with Gasteiger partial charge in [-0.2, -0.15) is 0 Å². The summed E-state index contributed by atoms with van der Waals surface area (Å²) in [6.07, 6.45) is 2.62. The SMILES string of the molecule is CN=C(NCCc1ccccn1)NCC(C)(C)c1cccc(F)c1.I. The molecule has 2 aromatic rings. The zero-order valence-corrected chi connectivity index (χ0v) is 17.3. The normalized spacial score (nSPS) is 11.6. The second-order valence-corrected chi connectivity index (χ2v) is 6.32. The number of halogens is 2. The van der Waals surface area contributed by atoms with Crippen LogP contribution >= 0.6 is 24.0 Å². The second-order valence-electron chi connectivity index (χ2n) is 6.32. The molecule has 0 fully saturated rings. The number of rotatable bonds is 6. The Balaban J connectivity index is 0.00000312. The fraction of sp³-hybridized carbons (Fsp3) is 0.368. The molecule has 136 valence electrons. The van der Waals surface area contributed by atoms with Gasteiger partial charge in [0.2, 0.25) is 0 Å². The van der Waals surface area contributed by atoms with E-state index >= 15 is 0 Å². The lowest BCUT2D eigenvalue weighted by Crippen LogP contribution is -2.44. The first kappa shape index (κ1) is 21.3. The van der Waals surface area contributed by atoms with Crippen molar-refractivity contribution in [3.05, 3.63) is 65.7 Å². The molecule has 2 rings (SSSR count). The Morgan fingerprint density at radius 2 is 1.96 bits per heavy atom. The maximum Gasteiger partial charge on any atom is 0.191 e. The monoisotopic (exact) mass is 456 g/mol. The van der Waals surface area contributed by atoms with E-state index in [-0.39, 0.29) is 35.2 Å². The summed E-state index contributed by atoms with van der Waals surface area (Å²) in [5.74, 6) is 0.522. The van der Waals surface area contributed by atoms with Crippen LogP contribution < -0.4 is 10.6 Å². The zero-order chi connectivity index (χ0) is 17.4. The zero-order valence-electron chi connectivity index (χ0n) is 14.9. The molecule has 0 unspecified atom stereocenters. The van der Waals surface area contributed by atoms with Crippen molar-refractivity contribution in [1.29, 1.82) is 0 Å². The van der Waals surface area contributed by atoms with Crippen molar-refractivity contribution >= 4 is 29.9 Å². The fourth-order valence-corrected chi connectivity index (χ4v) is 2.39. The van der Waals surface area contributed by atoms with E-state index in [1.165, 1.54) is 6.07 Å². The van der Waals surface area contributed by atoms with Gasteiger partial charge in [0.1, 0.15) is 5.82 Å². The third-order valence-corrected chi connectivity index (χ3v) is 3.93. The molecule has 1 aromatic heterocycles. The largest absolute Gasteiger partial charge is 0.356 e. The van der Waals surface area contributed by atoms with Crippen molar-refractivity contribution in [2.75, 3.05) is 20.1 Å². The number of nitrogens with zero attached hydrogens (tertiary/aromatic N) is 2. The van der Waals surface area contributed by atoms with E-state index < -0.39 is 0 Å². The van der Waals surface area contributed by atoms with E-state index in [9.17, 15) is 4.39 Å². The Labute approximate surface area is 166 Å². The summed E-state index contributed by atoms with van der Waals surface area (Å²) in [4.78, 5) is 8.53. The minimum atomic E-state index is -0.210. The number of guanidine groups is 1. The maximum absolute atomic E-state index is 13.4. The predicted molar refractivity (Wildman–Crippen MR) is 112 cm³/mol. The van der Waals surface area contributed by atoms with E-state index in [2.05, 4.69) is 34.5 Å². The smallest absolute Gasteiger partial charge is 0.191 e. The molecule has 0 saturated carbocycles. The Morgan fingerprint density at radius 1 is 1.16 bits per heavy atom. The van der Waals surface area contributed by atoms with Gasteiger partial charge in [-0.3, -0.25) is 9.98 Å². The summed E-state index contributed by atoms with van der Waals surface area (Å²) in [5, 5.41) is 6.59. The van der Waals surface area contributed by atoms with Gasteiger partial charge in [0.05, 0.1) is 0 Å². The van der Waals surface area contributed by atoms with E-state index in [1.54, 1.807) is 25.4 Å². The highest BCUT2D eigenvalue weighted by Gasteiger charge is 2.21. The van der Waals surface area contributed by atoms with Crippen LogP contribution in [0, 0.1) is 5.82 Å². The minimum Gasteiger partial charge on any atom is -0.356 e. The van der Waals surface area contributed by atoms with Crippen LogP contribution in [-0.4, -0.2) is 31.1 Å². The molecule has 0 aliphatic carbocycles. The molecule has 2 N–H and O–H groups in total. The van der Waals surface area contributed by atoms with Crippen molar-refractivity contribution in [2.24, 2.45) is 4.99 Å². The molecule has 0 aliphatic heterocycles. The standard InChI is InChI=1S/C19H25FN4.HI/c1-19(2,15-7-6-8-16(20)13-15)14-24-18(21-3)23-12-10-17-9-4-5-11-22-17;/h4-9,11,13H,10,12,14H2,1-3H3,(H2,21,23,24);1H. The van der Waals surface area contributed by atoms with Gasteiger partial charge in [-0.25, -0.2) is 4.39 Å². The topological polar surface area (TPSA) is 49.3 Å². The summed E-state index contributed by atoms with van der Waals surface area (Å²) in [6.45, 7) is 5.56. The lowest BCUT2D eigenvalue weighted by atomic mass is 9.84. The molecule has 0 bridgehead atoms. The van der Waals surface area contributed by atoms with Crippen molar-refractivity contribution in [1.82, 2.24) is 15.6 Å². The van der Waals surface area contributed by atoms with Crippen LogP contribution in [0.1, 0.15) is 25.1 Å². The molecular formula is C19H26FIN4. The third-order valence-electron chi connectivity index (χ3n) is 3.93. The molecule has 0 amide bonds. The van der Waals surface area contributed by atoms with E-state index in [0.717, 1.165) is 30.2 Å². The third kappa shape index (κ3) is 6.97. The van der Waals surface area contributed by atoms with Gasteiger partial charge in [0.25, 0.3) is 0 Å². The number of hydrogen-bond donors (Lipinski definition) is 2. The molecule has 25 heavy (non-hydrogen) atoms. The van der Waals surface area contributed by atoms with Crippen molar-refractivity contribution in [2.45, 2.75) is 25.7 Å². The van der Waals surface area contributed by atoms with Crippen LogP contribution in [0.4, 0.5) is 4.39 Å². The highest BCUT2D eigenvalue weighted by molar-refractivity contribution is 14.0. The number of pyridine rings is 1. The molecule has 0 atom stereocenters. The first-order valence-electron chi connectivity index (χ1n) is 8.12. The molecule has 1 aromatic carbocycles. The summed E-state index contributed by atoms with van der Waals surface area (Å²) < 4.78 is 13.4. The highest BCUT2D eigenvalue weighted by Crippen LogP contribution is 2.22. The first-order valence-corrected chi connectivity index (χ1v) is 8.12. The van der Waals surface area contributed by atoms with Crippen LogP contribution in [0.2, 0.25) is 0 Å². The first-order chi connectivity index (χ1) is 11.5. The number of nitrogens with one attached hydrogen (secondary N) is 2. The molecule has 1 heterocycles. The molecule has 0 aliphatic rings.